The molecule has 0 aliphatic heterocycles. The molecular formula is C9H18O4. The van der Waals surface area contributed by atoms with Crippen molar-refractivity contribution in [3.05, 3.63) is 0 Å². The Morgan fingerprint density at radius 1 is 1.38 bits per heavy atom. The van der Waals surface area contributed by atoms with Gasteiger partial charge in [0.2, 0.25) is 0 Å². The highest BCUT2D eigenvalue weighted by Crippen LogP contribution is 2.06. The van der Waals surface area contributed by atoms with Crippen LogP contribution in [0.15, 0.2) is 0 Å². The number of carboxylic acid groups (broad SMARTS) is 1. The first-order chi connectivity index (χ1) is 6.20. The van der Waals surface area contributed by atoms with Gasteiger partial charge in [0.1, 0.15) is 0 Å². The highest BCUT2D eigenvalue weighted by atomic mass is 16.7. The van der Waals surface area contributed by atoms with E-state index in [1.807, 2.05) is 6.92 Å². The summed E-state index contributed by atoms with van der Waals surface area (Å²) in [5.74, 6) is 0. The Labute approximate surface area is 78.8 Å². The lowest BCUT2D eigenvalue weighted by atomic mass is 10.1. The van der Waals surface area contributed by atoms with Crippen LogP contribution < -0.4 is 0 Å². The second-order valence-electron chi connectivity index (χ2n) is 2.77. The lowest BCUT2D eigenvalue weighted by molar-refractivity contribution is 0.0260. The van der Waals surface area contributed by atoms with Crippen molar-refractivity contribution in [3.8, 4) is 0 Å². The van der Waals surface area contributed by atoms with Gasteiger partial charge < -0.3 is 14.6 Å². The maximum absolute atomic E-state index is 10.0. The Hall–Kier alpha value is -0.770. The zero-order chi connectivity index (χ0) is 10.1. The van der Waals surface area contributed by atoms with Gasteiger partial charge in [-0.3, -0.25) is 0 Å². The molecule has 0 aliphatic carbocycles. The third-order valence-electron chi connectivity index (χ3n) is 1.68. The fourth-order valence-corrected chi connectivity index (χ4v) is 1.15. The number of hydrogen-bond acceptors (Lipinski definition) is 3. The number of hydrogen-bond donors (Lipinski definition) is 1. The van der Waals surface area contributed by atoms with Crippen molar-refractivity contribution in [2.45, 2.75) is 39.2 Å². The highest BCUT2D eigenvalue weighted by Gasteiger charge is 2.08. The van der Waals surface area contributed by atoms with Crippen LogP contribution in [0.2, 0.25) is 0 Å². The molecule has 1 N–H and O–H groups in total. The molecule has 0 aromatic heterocycles. The van der Waals surface area contributed by atoms with Gasteiger partial charge in [0.05, 0.1) is 12.7 Å². The summed E-state index contributed by atoms with van der Waals surface area (Å²) in [5.41, 5.74) is 0. The van der Waals surface area contributed by atoms with Gasteiger partial charge in [-0.05, 0) is 13.3 Å². The zero-order valence-electron chi connectivity index (χ0n) is 8.28. The third kappa shape index (κ3) is 7.59. The van der Waals surface area contributed by atoms with Crippen LogP contribution in [0.5, 0.6) is 0 Å². The molecule has 0 aromatic rings. The molecule has 0 radical (unpaired) electrons. The van der Waals surface area contributed by atoms with Crippen LogP contribution in [0, 0.1) is 0 Å². The third-order valence-corrected chi connectivity index (χ3v) is 1.68. The van der Waals surface area contributed by atoms with Gasteiger partial charge in [-0.1, -0.05) is 13.3 Å². The molecule has 13 heavy (non-hydrogen) atoms. The first kappa shape index (κ1) is 12.2. The van der Waals surface area contributed by atoms with Crippen molar-refractivity contribution in [1.82, 2.24) is 0 Å². The summed E-state index contributed by atoms with van der Waals surface area (Å²) in [6.07, 6.45) is 1.56. The Morgan fingerprint density at radius 2 is 2.08 bits per heavy atom. The van der Waals surface area contributed by atoms with Crippen LogP contribution in [0.1, 0.15) is 33.1 Å². The average molecular weight is 190 g/mol. The highest BCUT2D eigenvalue weighted by molar-refractivity contribution is 5.56. The Kier molecular flexibility index (Phi) is 7.39. The molecule has 78 valence electrons. The summed E-state index contributed by atoms with van der Waals surface area (Å²) in [6, 6.07) is 0. The van der Waals surface area contributed by atoms with Crippen molar-refractivity contribution >= 4 is 6.16 Å². The molecular weight excluding hydrogens is 172 g/mol. The first-order valence-corrected chi connectivity index (χ1v) is 4.68. The largest absolute Gasteiger partial charge is 0.505 e. The van der Waals surface area contributed by atoms with E-state index in [9.17, 15) is 4.79 Å². The van der Waals surface area contributed by atoms with Crippen LogP contribution in [0.3, 0.4) is 0 Å². The standard InChI is InChI=1S/C9H18O4/c1-3-5-8(12-4-2)6-7-13-9(10)11/h8H,3-7H2,1-2H3,(H,10,11). The van der Waals surface area contributed by atoms with E-state index in [1.54, 1.807) is 0 Å². The quantitative estimate of drug-likeness (QED) is 0.626. The smallest absolute Gasteiger partial charge is 0.450 e. The molecule has 1 unspecified atom stereocenters. The molecule has 0 saturated carbocycles. The Morgan fingerprint density at radius 3 is 2.54 bits per heavy atom. The summed E-state index contributed by atoms with van der Waals surface area (Å²) in [7, 11) is 0. The maximum atomic E-state index is 10.0. The molecule has 1 atom stereocenters. The predicted molar refractivity (Wildman–Crippen MR) is 48.9 cm³/mol. The normalized spacial score (nSPS) is 12.5. The van der Waals surface area contributed by atoms with E-state index in [-0.39, 0.29) is 12.7 Å². The van der Waals surface area contributed by atoms with E-state index in [4.69, 9.17) is 9.84 Å². The molecule has 0 bridgehead atoms. The van der Waals surface area contributed by atoms with E-state index >= 15 is 0 Å². The van der Waals surface area contributed by atoms with E-state index in [0.717, 1.165) is 12.8 Å². The van der Waals surface area contributed by atoms with Gasteiger partial charge in [-0.15, -0.1) is 0 Å². The molecule has 0 aromatic carbocycles. The van der Waals surface area contributed by atoms with Gasteiger partial charge >= 0.3 is 6.16 Å². The summed E-state index contributed by atoms with van der Waals surface area (Å²) in [5, 5.41) is 8.22. The topological polar surface area (TPSA) is 55.8 Å². The molecule has 0 spiro atoms. The minimum Gasteiger partial charge on any atom is -0.450 e. The first-order valence-electron chi connectivity index (χ1n) is 4.68. The molecule has 0 amide bonds. The molecule has 0 saturated heterocycles. The summed E-state index contributed by atoms with van der Waals surface area (Å²) in [6.45, 7) is 4.89. The molecule has 0 rings (SSSR count). The van der Waals surface area contributed by atoms with Crippen molar-refractivity contribution in [2.75, 3.05) is 13.2 Å². The summed E-state index contributed by atoms with van der Waals surface area (Å²) in [4.78, 5) is 10.0. The van der Waals surface area contributed by atoms with Crippen LogP contribution in [-0.2, 0) is 9.47 Å². The fourth-order valence-electron chi connectivity index (χ4n) is 1.15. The molecule has 0 aliphatic rings. The van der Waals surface area contributed by atoms with Crippen molar-refractivity contribution < 1.29 is 19.4 Å². The van der Waals surface area contributed by atoms with Gasteiger partial charge in [0, 0.05) is 13.0 Å². The summed E-state index contributed by atoms with van der Waals surface area (Å²) >= 11 is 0. The van der Waals surface area contributed by atoms with Crippen molar-refractivity contribution in [3.63, 3.8) is 0 Å². The van der Waals surface area contributed by atoms with E-state index < -0.39 is 6.16 Å². The van der Waals surface area contributed by atoms with Crippen LogP contribution >= 0.6 is 0 Å². The predicted octanol–water partition coefficient (Wildman–Crippen LogP) is 2.28. The van der Waals surface area contributed by atoms with Crippen LogP contribution in [-0.4, -0.2) is 30.6 Å². The Bertz CT molecular complexity index is 130. The van der Waals surface area contributed by atoms with E-state index in [0.29, 0.717) is 13.0 Å². The number of carbonyl (C=O) groups is 1. The molecule has 4 heteroatoms. The minimum atomic E-state index is -1.22. The Balaban J connectivity index is 3.49. The maximum Gasteiger partial charge on any atom is 0.505 e. The van der Waals surface area contributed by atoms with Gasteiger partial charge in [0.15, 0.2) is 0 Å². The van der Waals surface area contributed by atoms with Gasteiger partial charge in [-0.25, -0.2) is 4.79 Å². The zero-order valence-corrected chi connectivity index (χ0v) is 8.28. The van der Waals surface area contributed by atoms with Crippen LogP contribution in [0.25, 0.3) is 0 Å². The fraction of sp³-hybridized carbons (Fsp3) is 0.889. The van der Waals surface area contributed by atoms with Crippen molar-refractivity contribution in [1.29, 1.82) is 0 Å². The summed E-state index contributed by atoms with van der Waals surface area (Å²) < 4.78 is 9.79. The monoisotopic (exact) mass is 190 g/mol. The SMILES string of the molecule is CCCC(CCOC(=O)O)OCC. The number of rotatable bonds is 7. The van der Waals surface area contributed by atoms with Gasteiger partial charge in [0.25, 0.3) is 0 Å². The average Bonchev–Trinajstić information content (AvgIpc) is 2.04. The van der Waals surface area contributed by atoms with E-state index in [1.165, 1.54) is 0 Å². The molecule has 4 nitrogen and oxygen atoms in total. The second kappa shape index (κ2) is 7.86. The van der Waals surface area contributed by atoms with Crippen LogP contribution in [0.4, 0.5) is 4.79 Å². The second-order valence-corrected chi connectivity index (χ2v) is 2.77. The lowest BCUT2D eigenvalue weighted by Gasteiger charge is -2.15. The lowest BCUT2D eigenvalue weighted by Crippen LogP contribution is -2.16. The molecule has 0 fully saturated rings. The van der Waals surface area contributed by atoms with Crippen molar-refractivity contribution in [2.24, 2.45) is 0 Å². The minimum absolute atomic E-state index is 0.134. The number of ether oxygens (including phenoxy) is 2. The molecule has 0 heterocycles. The van der Waals surface area contributed by atoms with Gasteiger partial charge in [-0.2, -0.15) is 0 Å². The van der Waals surface area contributed by atoms with E-state index in [2.05, 4.69) is 11.7 Å².